The second-order valence-corrected chi connectivity index (χ2v) is 7.91. The van der Waals surface area contributed by atoms with E-state index < -0.39 is 10.0 Å². The van der Waals surface area contributed by atoms with Crippen LogP contribution in [0.25, 0.3) is 0 Å². The number of nitrogens with one attached hydrogen (secondary N) is 2. The number of thiocarbonyl (C=S) groups is 1. The number of hydrogen-bond acceptors (Lipinski definition) is 4. The number of hydrogen-bond donors (Lipinski definition) is 2. The second kappa shape index (κ2) is 8.42. The predicted molar refractivity (Wildman–Crippen MR) is 94.7 cm³/mol. The van der Waals surface area contributed by atoms with Gasteiger partial charge in [0.25, 0.3) is 0 Å². The summed E-state index contributed by atoms with van der Waals surface area (Å²) in [6.07, 6.45) is 0.976. The maximum atomic E-state index is 12.1. The van der Waals surface area contributed by atoms with E-state index in [1.807, 2.05) is 14.1 Å². The number of sulfonamides is 1. The molecule has 0 aliphatic carbocycles. The monoisotopic (exact) mass is 344 g/mol. The summed E-state index contributed by atoms with van der Waals surface area (Å²) in [5, 5.41) is 6.59. The molecular formula is C14H24N4O2S2. The summed E-state index contributed by atoms with van der Waals surface area (Å²) in [4.78, 5) is 2.34. The van der Waals surface area contributed by atoms with Crippen molar-refractivity contribution in [3.8, 4) is 0 Å². The van der Waals surface area contributed by atoms with E-state index in [-0.39, 0.29) is 4.90 Å². The van der Waals surface area contributed by atoms with Crippen molar-refractivity contribution in [3.63, 3.8) is 0 Å². The van der Waals surface area contributed by atoms with Gasteiger partial charge in [-0.25, -0.2) is 12.7 Å². The summed E-state index contributed by atoms with van der Waals surface area (Å²) in [5.41, 5.74) is 0.646. The molecule has 0 spiro atoms. The Morgan fingerprint density at radius 3 is 2.50 bits per heavy atom. The van der Waals surface area contributed by atoms with Gasteiger partial charge in [0, 0.05) is 26.3 Å². The van der Waals surface area contributed by atoms with E-state index in [0.29, 0.717) is 10.8 Å². The minimum Gasteiger partial charge on any atom is -0.362 e. The highest BCUT2D eigenvalue weighted by atomic mass is 32.2. The average Bonchev–Trinajstić information content (AvgIpc) is 2.43. The van der Waals surface area contributed by atoms with Gasteiger partial charge in [0.2, 0.25) is 10.0 Å². The molecule has 0 aliphatic heterocycles. The van der Waals surface area contributed by atoms with Gasteiger partial charge in [-0.2, -0.15) is 0 Å². The number of anilines is 1. The Kier molecular flexibility index (Phi) is 7.21. The topological polar surface area (TPSA) is 64.7 Å². The van der Waals surface area contributed by atoms with Crippen LogP contribution in [0.4, 0.5) is 5.69 Å². The predicted octanol–water partition coefficient (Wildman–Crippen LogP) is 1.17. The molecule has 0 aromatic heterocycles. The Hall–Kier alpha value is -1.22. The molecule has 0 amide bonds. The molecule has 6 nitrogen and oxygen atoms in total. The second-order valence-electron chi connectivity index (χ2n) is 5.35. The fourth-order valence-electron chi connectivity index (χ4n) is 1.72. The van der Waals surface area contributed by atoms with E-state index in [1.54, 1.807) is 24.3 Å². The van der Waals surface area contributed by atoms with Gasteiger partial charge in [0.15, 0.2) is 5.11 Å². The summed E-state index contributed by atoms with van der Waals surface area (Å²) in [5.74, 6) is 0. The van der Waals surface area contributed by atoms with Crippen molar-refractivity contribution in [1.82, 2.24) is 14.5 Å². The van der Waals surface area contributed by atoms with Gasteiger partial charge < -0.3 is 15.5 Å². The van der Waals surface area contributed by atoms with Crippen molar-refractivity contribution >= 4 is 33.0 Å². The normalized spacial score (nSPS) is 11.7. The molecule has 0 unspecified atom stereocenters. The van der Waals surface area contributed by atoms with Crippen molar-refractivity contribution in [2.75, 3.05) is 46.6 Å². The van der Waals surface area contributed by atoms with Gasteiger partial charge in [-0.1, -0.05) is 6.07 Å². The Bertz CT molecular complexity index is 601. The van der Waals surface area contributed by atoms with Gasteiger partial charge in [0.05, 0.1) is 4.90 Å². The van der Waals surface area contributed by atoms with Crippen LogP contribution in [0.1, 0.15) is 6.42 Å². The lowest BCUT2D eigenvalue weighted by Crippen LogP contribution is -2.31. The van der Waals surface area contributed by atoms with Gasteiger partial charge >= 0.3 is 0 Å². The Morgan fingerprint density at radius 1 is 1.23 bits per heavy atom. The van der Waals surface area contributed by atoms with Crippen molar-refractivity contribution in [2.45, 2.75) is 11.3 Å². The van der Waals surface area contributed by atoms with Crippen LogP contribution in [0.5, 0.6) is 0 Å². The summed E-state index contributed by atoms with van der Waals surface area (Å²) in [6.45, 7) is 1.74. The molecule has 1 rings (SSSR count). The van der Waals surface area contributed by atoms with Gasteiger partial charge in [-0.3, -0.25) is 0 Å². The molecule has 8 heteroatoms. The van der Waals surface area contributed by atoms with Crippen LogP contribution in [-0.4, -0.2) is 64.0 Å². The molecule has 0 fully saturated rings. The maximum absolute atomic E-state index is 12.1. The van der Waals surface area contributed by atoms with Crippen molar-refractivity contribution in [2.24, 2.45) is 0 Å². The van der Waals surface area contributed by atoms with Gasteiger partial charge in [-0.05, 0) is 57.5 Å². The molecule has 0 saturated heterocycles. The van der Waals surface area contributed by atoms with E-state index in [2.05, 4.69) is 15.5 Å². The van der Waals surface area contributed by atoms with E-state index in [1.165, 1.54) is 18.4 Å². The Balaban J connectivity index is 2.62. The van der Waals surface area contributed by atoms with Crippen LogP contribution in [0.3, 0.4) is 0 Å². The van der Waals surface area contributed by atoms with E-state index >= 15 is 0 Å². The van der Waals surface area contributed by atoms with Gasteiger partial charge in [0.1, 0.15) is 0 Å². The summed E-state index contributed by atoms with van der Waals surface area (Å²) >= 11 is 5.21. The zero-order valence-corrected chi connectivity index (χ0v) is 15.1. The molecule has 0 heterocycles. The lowest BCUT2D eigenvalue weighted by molar-refractivity contribution is 0.400. The molecular weight excluding hydrogens is 320 g/mol. The molecule has 0 saturated carbocycles. The molecule has 2 N–H and O–H groups in total. The fraction of sp³-hybridized carbons (Fsp3) is 0.500. The standard InChI is InChI=1S/C14H24N4O2S2/c1-17(2)10-6-9-15-14(21)16-12-7-5-8-13(11-12)22(19,20)18(3)4/h5,7-8,11H,6,9-10H2,1-4H3,(H2,15,16,21). The van der Waals surface area contributed by atoms with Crippen LogP contribution < -0.4 is 10.6 Å². The number of benzene rings is 1. The average molecular weight is 345 g/mol. The number of rotatable bonds is 7. The van der Waals surface area contributed by atoms with E-state index in [4.69, 9.17) is 12.2 Å². The van der Waals surface area contributed by atoms with Crippen molar-refractivity contribution in [1.29, 1.82) is 0 Å². The number of nitrogens with zero attached hydrogens (tertiary/aromatic N) is 2. The molecule has 1 aromatic carbocycles. The van der Waals surface area contributed by atoms with Crippen LogP contribution >= 0.6 is 12.2 Å². The highest BCUT2D eigenvalue weighted by molar-refractivity contribution is 7.89. The van der Waals surface area contributed by atoms with E-state index in [9.17, 15) is 8.42 Å². The molecule has 0 radical (unpaired) electrons. The molecule has 0 bridgehead atoms. The zero-order valence-electron chi connectivity index (χ0n) is 13.5. The zero-order chi connectivity index (χ0) is 16.8. The summed E-state index contributed by atoms with van der Waals surface area (Å²) in [7, 11) is 3.61. The first-order chi connectivity index (χ1) is 10.2. The Labute approximate surface area is 138 Å². The van der Waals surface area contributed by atoms with Crippen molar-refractivity contribution < 1.29 is 8.42 Å². The summed E-state index contributed by atoms with van der Waals surface area (Å²) in [6, 6.07) is 6.60. The first kappa shape index (κ1) is 18.8. The third-order valence-corrected chi connectivity index (χ3v) is 5.00. The molecule has 124 valence electrons. The highest BCUT2D eigenvalue weighted by Crippen LogP contribution is 2.17. The fourth-order valence-corrected chi connectivity index (χ4v) is 2.89. The van der Waals surface area contributed by atoms with Gasteiger partial charge in [-0.15, -0.1) is 0 Å². The van der Waals surface area contributed by atoms with Crippen LogP contribution in [0.2, 0.25) is 0 Å². The van der Waals surface area contributed by atoms with E-state index in [0.717, 1.165) is 19.5 Å². The first-order valence-electron chi connectivity index (χ1n) is 6.95. The summed E-state index contributed by atoms with van der Waals surface area (Å²) < 4.78 is 25.4. The van der Waals surface area contributed by atoms with Crippen molar-refractivity contribution in [3.05, 3.63) is 24.3 Å². The lowest BCUT2D eigenvalue weighted by atomic mass is 10.3. The Morgan fingerprint density at radius 2 is 1.91 bits per heavy atom. The van der Waals surface area contributed by atoms with Crippen LogP contribution in [0, 0.1) is 0 Å². The smallest absolute Gasteiger partial charge is 0.242 e. The van der Waals surface area contributed by atoms with Crippen LogP contribution in [0.15, 0.2) is 29.2 Å². The SMILES string of the molecule is CN(C)CCCNC(=S)Nc1cccc(S(=O)(=O)N(C)C)c1. The quantitative estimate of drug-likeness (QED) is 0.572. The minimum absolute atomic E-state index is 0.234. The highest BCUT2D eigenvalue weighted by Gasteiger charge is 2.17. The first-order valence-corrected chi connectivity index (χ1v) is 8.80. The third-order valence-electron chi connectivity index (χ3n) is 2.94. The molecule has 0 aliphatic rings. The largest absolute Gasteiger partial charge is 0.362 e. The lowest BCUT2D eigenvalue weighted by Gasteiger charge is -2.14. The maximum Gasteiger partial charge on any atom is 0.242 e. The third kappa shape index (κ3) is 5.88. The molecule has 1 aromatic rings. The van der Waals surface area contributed by atoms with Crippen LogP contribution in [-0.2, 0) is 10.0 Å². The molecule has 22 heavy (non-hydrogen) atoms. The minimum atomic E-state index is -3.44. The molecule has 0 atom stereocenters.